The molecule has 2 aliphatic carbocycles. The van der Waals surface area contributed by atoms with Gasteiger partial charge in [-0.15, -0.1) is 0 Å². The molecular weight excluding hydrogens is 300 g/mol. The molecule has 5 nitrogen and oxygen atoms in total. The minimum absolute atomic E-state index is 0.0126. The molecule has 2 aromatic heterocycles. The lowest BCUT2D eigenvalue weighted by atomic mass is 9.69. The maximum Gasteiger partial charge on any atom is 0.256 e. The molecule has 0 saturated heterocycles. The van der Waals surface area contributed by atoms with E-state index in [0.717, 1.165) is 12.2 Å². The predicted octanol–water partition coefficient (Wildman–Crippen LogP) is 3.16. The second-order valence-corrected chi connectivity index (χ2v) is 8.23. The number of amides is 1. The van der Waals surface area contributed by atoms with Crippen molar-refractivity contribution in [3.63, 3.8) is 0 Å². The molecule has 4 rings (SSSR count). The van der Waals surface area contributed by atoms with Crippen molar-refractivity contribution in [3.05, 3.63) is 36.3 Å². The lowest BCUT2D eigenvalue weighted by Crippen LogP contribution is -2.47. The van der Waals surface area contributed by atoms with Crippen molar-refractivity contribution in [1.82, 2.24) is 19.7 Å². The molecule has 128 valence electrons. The van der Waals surface area contributed by atoms with Crippen LogP contribution in [0.1, 0.15) is 50.4 Å². The van der Waals surface area contributed by atoms with Crippen molar-refractivity contribution in [2.24, 2.45) is 23.8 Å². The first-order chi connectivity index (χ1) is 11.3. The Morgan fingerprint density at radius 1 is 1.29 bits per heavy atom. The fourth-order valence-electron chi connectivity index (χ4n) is 5.03. The van der Waals surface area contributed by atoms with Gasteiger partial charge in [0.15, 0.2) is 0 Å². The number of nitrogens with zero attached hydrogens (tertiary/aromatic N) is 3. The molecule has 2 fully saturated rings. The molecule has 2 bridgehead atoms. The van der Waals surface area contributed by atoms with Gasteiger partial charge in [-0.3, -0.25) is 9.48 Å². The molecule has 0 radical (unpaired) electrons. The third-order valence-electron chi connectivity index (χ3n) is 7.10. The number of aryl methyl sites for hydroxylation is 1. The van der Waals surface area contributed by atoms with E-state index >= 15 is 0 Å². The Bertz CT molecular complexity index is 773. The zero-order valence-electron chi connectivity index (χ0n) is 14.9. The van der Waals surface area contributed by atoms with Gasteiger partial charge in [-0.2, -0.15) is 5.10 Å². The van der Waals surface area contributed by atoms with Crippen molar-refractivity contribution in [3.8, 4) is 5.82 Å². The highest BCUT2D eigenvalue weighted by atomic mass is 16.1. The summed E-state index contributed by atoms with van der Waals surface area (Å²) in [5.41, 5.74) is 1.12. The van der Waals surface area contributed by atoms with Crippen LogP contribution in [0.15, 0.2) is 30.7 Å². The van der Waals surface area contributed by atoms with Gasteiger partial charge in [0.25, 0.3) is 5.91 Å². The molecular formula is C19H26N4O. The summed E-state index contributed by atoms with van der Waals surface area (Å²) in [5.74, 6) is 1.51. The first kappa shape index (κ1) is 15.5. The van der Waals surface area contributed by atoms with Crippen LogP contribution in [0.2, 0.25) is 0 Å². The van der Waals surface area contributed by atoms with E-state index in [-0.39, 0.29) is 17.4 Å². The Labute approximate surface area is 143 Å². The monoisotopic (exact) mass is 326 g/mol. The van der Waals surface area contributed by atoms with Gasteiger partial charge in [-0.05, 0) is 48.1 Å². The van der Waals surface area contributed by atoms with Crippen LogP contribution in [0, 0.1) is 16.7 Å². The van der Waals surface area contributed by atoms with Crippen LogP contribution in [0.25, 0.3) is 5.82 Å². The maximum absolute atomic E-state index is 13.0. The topological polar surface area (TPSA) is 51.9 Å². The van der Waals surface area contributed by atoms with Gasteiger partial charge >= 0.3 is 0 Å². The van der Waals surface area contributed by atoms with Crippen LogP contribution in [0.4, 0.5) is 0 Å². The van der Waals surface area contributed by atoms with Crippen molar-refractivity contribution in [2.75, 3.05) is 0 Å². The van der Waals surface area contributed by atoms with Crippen molar-refractivity contribution in [2.45, 2.75) is 46.1 Å². The Hall–Kier alpha value is -2.04. The fraction of sp³-hybridized carbons (Fsp3) is 0.579. The van der Waals surface area contributed by atoms with Crippen molar-refractivity contribution < 1.29 is 4.79 Å². The van der Waals surface area contributed by atoms with Gasteiger partial charge in [-0.1, -0.05) is 20.8 Å². The molecule has 2 aromatic rings. The highest BCUT2D eigenvalue weighted by molar-refractivity contribution is 5.97. The molecule has 1 amide bonds. The number of rotatable bonds is 3. The number of nitrogens with one attached hydrogen (secondary N) is 1. The number of fused-ring (bicyclic) bond motifs is 2. The highest BCUT2D eigenvalue weighted by Crippen LogP contribution is 2.65. The standard InChI is InChI=1S/C19H26N4O/c1-18(2)13-7-8-19(18,3)15(11-13)21-16(24)14-12-20-22(4)17(14)23-9-5-6-10-23/h5-6,9-10,12-13,15H,7-8,11H2,1-4H3,(H,21,24)/t13-,15?,19+/m1/s1. The van der Waals surface area contributed by atoms with E-state index in [1.165, 1.54) is 12.8 Å². The van der Waals surface area contributed by atoms with Crippen molar-refractivity contribution in [1.29, 1.82) is 0 Å². The van der Waals surface area contributed by atoms with Crippen LogP contribution in [-0.2, 0) is 7.05 Å². The summed E-state index contributed by atoms with van der Waals surface area (Å²) in [6.07, 6.45) is 9.13. The van der Waals surface area contributed by atoms with Crippen molar-refractivity contribution >= 4 is 5.91 Å². The second-order valence-electron chi connectivity index (χ2n) is 8.23. The van der Waals surface area contributed by atoms with E-state index in [1.807, 2.05) is 36.1 Å². The molecule has 0 spiro atoms. The third kappa shape index (κ3) is 1.93. The number of hydrogen-bond acceptors (Lipinski definition) is 2. The molecule has 1 N–H and O–H groups in total. The first-order valence-electron chi connectivity index (χ1n) is 8.81. The van der Waals surface area contributed by atoms with E-state index in [1.54, 1.807) is 10.9 Å². The zero-order valence-corrected chi connectivity index (χ0v) is 14.9. The minimum Gasteiger partial charge on any atom is -0.349 e. The SMILES string of the molecule is Cn1ncc(C(=O)NC2C[C@H]3CC[C@]2(C)C3(C)C)c1-n1cccc1. The number of hydrogen-bond donors (Lipinski definition) is 1. The van der Waals surface area contributed by atoms with E-state index in [2.05, 4.69) is 31.2 Å². The van der Waals surface area contributed by atoms with Crippen LogP contribution < -0.4 is 5.32 Å². The van der Waals surface area contributed by atoms with Gasteiger partial charge in [0.05, 0.1) is 6.20 Å². The summed E-state index contributed by atoms with van der Waals surface area (Å²) in [7, 11) is 1.87. The van der Waals surface area contributed by atoms with E-state index < -0.39 is 0 Å². The Kier molecular flexibility index (Phi) is 3.21. The quantitative estimate of drug-likeness (QED) is 0.942. The van der Waals surface area contributed by atoms with Gasteiger partial charge in [0, 0.05) is 25.5 Å². The van der Waals surface area contributed by atoms with Gasteiger partial charge in [0.1, 0.15) is 11.4 Å². The number of carbonyl (C=O) groups is 1. The summed E-state index contributed by atoms with van der Waals surface area (Å²) >= 11 is 0. The first-order valence-corrected chi connectivity index (χ1v) is 8.81. The molecule has 24 heavy (non-hydrogen) atoms. The summed E-state index contributed by atoms with van der Waals surface area (Å²) in [5, 5.41) is 7.63. The largest absolute Gasteiger partial charge is 0.349 e. The maximum atomic E-state index is 13.0. The Morgan fingerprint density at radius 3 is 2.58 bits per heavy atom. The fourth-order valence-corrected chi connectivity index (χ4v) is 5.03. The summed E-state index contributed by atoms with van der Waals surface area (Å²) in [6, 6.07) is 4.15. The van der Waals surface area contributed by atoms with E-state index in [4.69, 9.17) is 0 Å². The number of carbonyl (C=O) groups excluding carboxylic acids is 1. The lowest BCUT2D eigenvalue weighted by Gasteiger charge is -2.39. The molecule has 5 heteroatoms. The Morgan fingerprint density at radius 2 is 2.00 bits per heavy atom. The zero-order chi connectivity index (χ0) is 17.1. The minimum atomic E-state index is -0.0126. The molecule has 2 heterocycles. The molecule has 2 saturated carbocycles. The molecule has 1 unspecified atom stereocenters. The second kappa shape index (κ2) is 4.98. The predicted molar refractivity (Wildman–Crippen MR) is 93.0 cm³/mol. The van der Waals surface area contributed by atoms with Crippen LogP contribution in [-0.4, -0.2) is 26.3 Å². The third-order valence-corrected chi connectivity index (χ3v) is 7.10. The van der Waals surface area contributed by atoms with Gasteiger partial charge in [0.2, 0.25) is 0 Å². The summed E-state index contributed by atoms with van der Waals surface area (Å²) in [4.78, 5) is 13.0. The van der Waals surface area contributed by atoms with E-state index in [9.17, 15) is 4.79 Å². The highest BCUT2D eigenvalue weighted by Gasteiger charge is 2.61. The van der Waals surface area contributed by atoms with Crippen LogP contribution in [0.3, 0.4) is 0 Å². The summed E-state index contributed by atoms with van der Waals surface area (Å²) in [6.45, 7) is 7.08. The van der Waals surface area contributed by atoms with Gasteiger partial charge in [-0.25, -0.2) is 0 Å². The van der Waals surface area contributed by atoms with E-state index in [0.29, 0.717) is 16.9 Å². The lowest BCUT2D eigenvalue weighted by molar-refractivity contribution is 0.0826. The Balaban J connectivity index is 1.61. The number of aromatic nitrogens is 3. The summed E-state index contributed by atoms with van der Waals surface area (Å²) < 4.78 is 3.69. The van der Waals surface area contributed by atoms with Crippen LogP contribution in [0.5, 0.6) is 0 Å². The smallest absolute Gasteiger partial charge is 0.256 e. The van der Waals surface area contributed by atoms with Gasteiger partial charge < -0.3 is 9.88 Å². The van der Waals surface area contributed by atoms with Crippen LogP contribution >= 0.6 is 0 Å². The molecule has 2 aliphatic rings. The molecule has 3 atom stereocenters. The molecule has 0 aliphatic heterocycles. The average molecular weight is 326 g/mol. The molecule has 0 aromatic carbocycles. The average Bonchev–Trinajstić information content (AvgIpc) is 3.24. The normalized spacial score (nSPS) is 30.7.